The maximum absolute atomic E-state index is 12.5. The summed E-state index contributed by atoms with van der Waals surface area (Å²) < 4.78 is 1.77. The van der Waals surface area contributed by atoms with Gasteiger partial charge in [-0.15, -0.1) is 0 Å². The van der Waals surface area contributed by atoms with E-state index in [1.54, 1.807) is 24.3 Å². The monoisotopic (exact) mass is 484 g/mol. The van der Waals surface area contributed by atoms with Gasteiger partial charge in [0.05, 0.1) is 5.69 Å². The molecule has 1 aliphatic heterocycles. The Morgan fingerprint density at radius 1 is 1.13 bits per heavy atom. The van der Waals surface area contributed by atoms with Gasteiger partial charge in [0.1, 0.15) is 11.3 Å². The first-order valence-electron chi connectivity index (χ1n) is 6.57. The van der Waals surface area contributed by atoms with Gasteiger partial charge in [-0.05, 0) is 71.1 Å². The summed E-state index contributed by atoms with van der Waals surface area (Å²) >= 11 is 5.45. The summed E-state index contributed by atoms with van der Waals surface area (Å²) in [5, 5.41) is 11.1. The molecule has 2 aromatic rings. The van der Waals surface area contributed by atoms with Crippen LogP contribution in [0.1, 0.15) is 5.56 Å². The average molecular weight is 485 g/mol. The highest BCUT2D eigenvalue weighted by atomic mass is 127. The summed E-state index contributed by atoms with van der Waals surface area (Å²) in [7, 11) is 0. The maximum atomic E-state index is 12.5. The lowest BCUT2D eigenvalue weighted by Gasteiger charge is -2.14. The summed E-state index contributed by atoms with van der Waals surface area (Å²) in [4.78, 5) is 24.6. The molecule has 2 aromatic carbocycles. The number of phenols is 1. The number of aromatic hydroxyl groups is 1. The number of anilines is 1. The first kappa shape index (κ1) is 16.0. The van der Waals surface area contributed by atoms with Gasteiger partial charge in [0.25, 0.3) is 11.8 Å². The standard InChI is InChI=1S/C16H10BrIN2O3/c17-10-1-6-14(21)9(7-10)8-13-15(22)19-20(16(13)23)12-4-2-11(18)3-5-12/h1-8,21H,(H,19,22). The van der Waals surface area contributed by atoms with E-state index in [9.17, 15) is 14.7 Å². The van der Waals surface area contributed by atoms with Crippen LogP contribution in [-0.2, 0) is 9.59 Å². The van der Waals surface area contributed by atoms with Crippen LogP contribution < -0.4 is 10.4 Å². The van der Waals surface area contributed by atoms with E-state index in [0.29, 0.717) is 11.3 Å². The Morgan fingerprint density at radius 3 is 2.52 bits per heavy atom. The van der Waals surface area contributed by atoms with E-state index < -0.39 is 11.8 Å². The minimum Gasteiger partial charge on any atom is -0.507 e. The number of nitrogens with zero attached hydrogens (tertiary/aromatic N) is 1. The fraction of sp³-hybridized carbons (Fsp3) is 0. The molecular weight excluding hydrogens is 475 g/mol. The van der Waals surface area contributed by atoms with Crippen molar-refractivity contribution in [2.24, 2.45) is 0 Å². The highest BCUT2D eigenvalue weighted by Gasteiger charge is 2.34. The van der Waals surface area contributed by atoms with Gasteiger partial charge < -0.3 is 5.11 Å². The van der Waals surface area contributed by atoms with Crippen molar-refractivity contribution in [3.8, 4) is 5.75 Å². The first-order chi connectivity index (χ1) is 11.0. The molecule has 1 aliphatic rings. The molecule has 0 atom stereocenters. The quantitative estimate of drug-likeness (QED) is 0.390. The Labute approximate surface area is 154 Å². The Balaban J connectivity index is 1.97. The molecule has 0 spiro atoms. The van der Waals surface area contributed by atoms with Gasteiger partial charge in [-0.2, -0.15) is 0 Å². The van der Waals surface area contributed by atoms with Crippen LogP contribution >= 0.6 is 38.5 Å². The number of halogens is 2. The molecule has 1 heterocycles. The minimum atomic E-state index is -0.507. The van der Waals surface area contributed by atoms with Crippen LogP contribution in [0.3, 0.4) is 0 Å². The van der Waals surface area contributed by atoms with Crippen molar-refractivity contribution in [3.05, 3.63) is 61.6 Å². The van der Waals surface area contributed by atoms with Crippen molar-refractivity contribution in [1.29, 1.82) is 0 Å². The van der Waals surface area contributed by atoms with Crippen molar-refractivity contribution in [1.82, 2.24) is 5.43 Å². The van der Waals surface area contributed by atoms with E-state index in [1.807, 2.05) is 12.1 Å². The lowest BCUT2D eigenvalue weighted by molar-refractivity contribution is -0.117. The predicted octanol–water partition coefficient (Wildman–Crippen LogP) is 3.22. The van der Waals surface area contributed by atoms with E-state index in [1.165, 1.54) is 17.2 Å². The van der Waals surface area contributed by atoms with Gasteiger partial charge in [-0.1, -0.05) is 15.9 Å². The lowest BCUT2D eigenvalue weighted by Crippen LogP contribution is -2.35. The number of carbonyl (C=O) groups is 2. The van der Waals surface area contributed by atoms with Crippen LogP contribution in [-0.4, -0.2) is 16.9 Å². The number of hydrogen-bond donors (Lipinski definition) is 2. The van der Waals surface area contributed by atoms with E-state index in [2.05, 4.69) is 43.9 Å². The number of amides is 2. The second-order valence-electron chi connectivity index (χ2n) is 4.82. The summed E-state index contributed by atoms with van der Waals surface area (Å²) in [5.74, 6) is -0.975. The zero-order chi connectivity index (χ0) is 16.6. The number of rotatable bonds is 2. The van der Waals surface area contributed by atoms with Crippen LogP contribution in [0.25, 0.3) is 6.08 Å². The van der Waals surface area contributed by atoms with Gasteiger partial charge in [0, 0.05) is 13.6 Å². The number of hydrazine groups is 1. The summed E-state index contributed by atoms with van der Waals surface area (Å²) in [6.07, 6.45) is 1.38. The number of benzene rings is 2. The Kier molecular flexibility index (Phi) is 4.40. The number of hydrogen-bond acceptors (Lipinski definition) is 3. The smallest absolute Gasteiger partial charge is 0.282 e. The molecule has 7 heteroatoms. The molecule has 3 rings (SSSR count). The van der Waals surface area contributed by atoms with Crippen LogP contribution in [0.4, 0.5) is 5.69 Å². The Morgan fingerprint density at radius 2 is 1.83 bits per heavy atom. The molecule has 0 aliphatic carbocycles. The highest BCUT2D eigenvalue weighted by Crippen LogP contribution is 2.27. The van der Waals surface area contributed by atoms with Gasteiger partial charge >= 0.3 is 0 Å². The topological polar surface area (TPSA) is 69.6 Å². The third kappa shape index (κ3) is 3.25. The SMILES string of the molecule is O=C1NN(c2ccc(I)cc2)C(=O)C1=Cc1cc(Br)ccc1O. The maximum Gasteiger partial charge on any atom is 0.282 e. The molecule has 2 amide bonds. The van der Waals surface area contributed by atoms with Gasteiger partial charge in [0.2, 0.25) is 0 Å². The van der Waals surface area contributed by atoms with Crippen molar-refractivity contribution < 1.29 is 14.7 Å². The van der Waals surface area contributed by atoms with Crippen molar-refractivity contribution >= 4 is 62.1 Å². The van der Waals surface area contributed by atoms with Crippen molar-refractivity contribution in [2.75, 3.05) is 5.01 Å². The second kappa shape index (κ2) is 6.32. The van der Waals surface area contributed by atoms with Crippen LogP contribution in [0.2, 0.25) is 0 Å². The predicted molar refractivity (Wildman–Crippen MR) is 98.6 cm³/mol. The van der Waals surface area contributed by atoms with E-state index in [-0.39, 0.29) is 11.3 Å². The molecule has 2 N–H and O–H groups in total. The molecule has 0 saturated carbocycles. The fourth-order valence-electron chi connectivity index (χ4n) is 2.13. The van der Waals surface area contributed by atoms with Gasteiger partial charge in [-0.3, -0.25) is 15.0 Å². The molecule has 23 heavy (non-hydrogen) atoms. The van der Waals surface area contributed by atoms with Crippen LogP contribution in [0.15, 0.2) is 52.5 Å². The molecule has 0 bridgehead atoms. The minimum absolute atomic E-state index is 0.00554. The normalized spacial score (nSPS) is 16.1. The second-order valence-corrected chi connectivity index (χ2v) is 6.98. The van der Waals surface area contributed by atoms with Crippen molar-refractivity contribution in [3.63, 3.8) is 0 Å². The summed E-state index contributed by atoms with van der Waals surface area (Å²) in [6, 6.07) is 12.0. The summed E-state index contributed by atoms with van der Waals surface area (Å²) in [5.41, 5.74) is 3.46. The number of phenolic OH excluding ortho intramolecular Hbond substituents is 1. The molecule has 1 saturated heterocycles. The van der Waals surface area contributed by atoms with Crippen LogP contribution in [0, 0.1) is 3.57 Å². The van der Waals surface area contributed by atoms with E-state index >= 15 is 0 Å². The highest BCUT2D eigenvalue weighted by molar-refractivity contribution is 14.1. The third-order valence-corrected chi connectivity index (χ3v) is 4.48. The summed E-state index contributed by atoms with van der Waals surface area (Å²) in [6.45, 7) is 0. The lowest BCUT2D eigenvalue weighted by atomic mass is 10.1. The molecule has 5 nitrogen and oxygen atoms in total. The fourth-order valence-corrected chi connectivity index (χ4v) is 2.86. The van der Waals surface area contributed by atoms with Gasteiger partial charge in [0.15, 0.2) is 0 Å². The van der Waals surface area contributed by atoms with Crippen molar-refractivity contribution in [2.45, 2.75) is 0 Å². The zero-order valence-electron chi connectivity index (χ0n) is 11.6. The molecule has 0 unspecified atom stereocenters. The van der Waals surface area contributed by atoms with Crippen LogP contribution in [0.5, 0.6) is 5.75 Å². The van der Waals surface area contributed by atoms with E-state index in [4.69, 9.17) is 0 Å². The number of carbonyl (C=O) groups excluding carboxylic acids is 2. The van der Waals surface area contributed by atoms with E-state index in [0.717, 1.165) is 8.04 Å². The average Bonchev–Trinajstić information content (AvgIpc) is 2.80. The Bertz CT molecular complexity index is 834. The third-order valence-electron chi connectivity index (χ3n) is 3.27. The van der Waals surface area contributed by atoms with Gasteiger partial charge in [-0.25, -0.2) is 5.01 Å². The largest absolute Gasteiger partial charge is 0.507 e. The zero-order valence-corrected chi connectivity index (χ0v) is 15.3. The molecule has 116 valence electrons. The molecular formula is C16H10BrIN2O3. The number of nitrogens with one attached hydrogen (secondary N) is 1. The molecule has 0 aromatic heterocycles. The first-order valence-corrected chi connectivity index (χ1v) is 8.44. The Hall–Kier alpha value is -1.87. The molecule has 1 fully saturated rings. The molecule has 0 radical (unpaired) electrons.